The molecule has 1 heterocycles. The third-order valence-electron chi connectivity index (χ3n) is 4.45. The first-order chi connectivity index (χ1) is 15.8. The topological polar surface area (TPSA) is 126 Å². The van der Waals surface area contributed by atoms with Crippen molar-refractivity contribution in [2.45, 2.75) is 6.92 Å². The summed E-state index contributed by atoms with van der Waals surface area (Å²) in [5, 5.41) is 17.8. The molecule has 0 unspecified atom stereocenters. The van der Waals surface area contributed by atoms with Gasteiger partial charge in [0.15, 0.2) is 23.8 Å². The van der Waals surface area contributed by atoms with Crippen molar-refractivity contribution in [1.29, 1.82) is 0 Å². The van der Waals surface area contributed by atoms with Crippen molar-refractivity contribution in [3.8, 4) is 17.2 Å². The molecule has 0 aliphatic carbocycles. The molecule has 0 radical (unpaired) electrons. The van der Waals surface area contributed by atoms with E-state index in [9.17, 15) is 14.9 Å². The fraction of sp³-hybridized carbons (Fsp3) is 0.182. The second-order valence-electron chi connectivity index (χ2n) is 6.67. The van der Waals surface area contributed by atoms with E-state index in [0.717, 1.165) is 0 Å². The fourth-order valence-corrected chi connectivity index (χ4v) is 3.14. The molecule has 1 amide bonds. The van der Waals surface area contributed by atoms with Crippen LogP contribution in [0.1, 0.15) is 17.0 Å². The molecule has 33 heavy (non-hydrogen) atoms. The van der Waals surface area contributed by atoms with Gasteiger partial charge in [0.25, 0.3) is 5.91 Å². The van der Waals surface area contributed by atoms with E-state index in [-0.39, 0.29) is 23.7 Å². The molecule has 3 aromatic rings. The summed E-state index contributed by atoms with van der Waals surface area (Å²) in [5.74, 6) is 0.861. The number of amides is 1. The second-order valence-corrected chi connectivity index (χ2v) is 7.07. The predicted molar refractivity (Wildman–Crippen MR) is 122 cm³/mol. The van der Waals surface area contributed by atoms with E-state index in [1.54, 1.807) is 42.5 Å². The molecule has 2 aromatic carbocycles. The van der Waals surface area contributed by atoms with E-state index in [0.29, 0.717) is 33.5 Å². The van der Waals surface area contributed by atoms with Gasteiger partial charge in [-0.1, -0.05) is 28.9 Å². The number of nitrogens with zero attached hydrogens (tertiary/aromatic N) is 2. The second kappa shape index (κ2) is 10.5. The number of carbonyl (C=O) groups excluding carboxylic acids is 1. The minimum atomic E-state index is -0.548. The minimum Gasteiger partial charge on any atom is -0.495 e. The Bertz CT molecular complexity index is 1210. The zero-order valence-electron chi connectivity index (χ0n) is 18.0. The van der Waals surface area contributed by atoms with Crippen molar-refractivity contribution in [2.75, 3.05) is 26.1 Å². The maximum absolute atomic E-state index is 12.2. The van der Waals surface area contributed by atoms with Crippen molar-refractivity contribution in [1.82, 2.24) is 5.16 Å². The summed E-state index contributed by atoms with van der Waals surface area (Å²) in [4.78, 5) is 22.8. The molecule has 0 spiro atoms. The van der Waals surface area contributed by atoms with Gasteiger partial charge in [-0.3, -0.25) is 14.9 Å². The van der Waals surface area contributed by atoms with Gasteiger partial charge >= 0.3 is 5.69 Å². The van der Waals surface area contributed by atoms with Crippen LogP contribution in [0.5, 0.6) is 17.2 Å². The van der Waals surface area contributed by atoms with Crippen LogP contribution in [0.25, 0.3) is 12.2 Å². The number of aromatic nitrogens is 1. The summed E-state index contributed by atoms with van der Waals surface area (Å²) in [6.45, 7) is 1.23. The summed E-state index contributed by atoms with van der Waals surface area (Å²) in [7, 11) is 2.96. The number of aryl methyl sites for hydroxylation is 1. The first kappa shape index (κ1) is 23.6. The Kier molecular flexibility index (Phi) is 7.52. The van der Waals surface area contributed by atoms with Crippen molar-refractivity contribution >= 4 is 41.0 Å². The number of carbonyl (C=O) groups is 1. The van der Waals surface area contributed by atoms with Gasteiger partial charge in [0.1, 0.15) is 5.75 Å². The van der Waals surface area contributed by atoms with Gasteiger partial charge in [-0.05, 0) is 48.9 Å². The molecule has 0 bridgehead atoms. The van der Waals surface area contributed by atoms with Gasteiger partial charge in [-0.15, -0.1) is 0 Å². The zero-order chi connectivity index (χ0) is 24.0. The largest absolute Gasteiger partial charge is 0.495 e. The minimum absolute atomic E-state index is 0.0344. The normalized spacial score (nSPS) is 10.8. The Morgan fingerprint density at radius 1 is 1.15 bits per heavy atom. The molecule has 0 saturated carbocycles. The van der Waals surface area contributed by atoms with Crippen LogP contribution >= 0.6 is 11.6 Å². The Labute approximate surface area is 193 Å². The van der Waals surface area contributed by atoms with Crippen LogP contribution in [0.15, 0.2) is 40.9 Å². The molecule has 0 aliphatic heterocycles. The molecule has 0 fully saturated rings. The van der Waals surface area contributed by atoms with Crippen molar-refractivity contribution < 1.29 is 28.5 Å². The van der Waals surface area contributed by atoms with Gasteiger partial charge in [0, 0.05) is 5.69 Å². The van der Waals surface area contributed by atoms with E-state index < -0.39 is 10.8 Å². The molecular formula is C22H20ClN3O7. The van der Waals surface area contributed by atoms with E-state index in [1.807, 2.05) is 0 Å². The Hall–Kier alpha value is -4.05. The average Bonchev–Trinajstić information content (AvgIpc) is 3.17. The van der Waals surface area contributed by atoms with Crippen LogP contribution < -0.4 is 19.5 Å². The van der Waals surface area contributed by atoms with Crippen molar-refractivity contribution in [3.05, 3.63) is 68.6 Å². The highest BCUT2D eigenvalue weighted by Crippen LogP contribution is 2.30. The first-order valence-electron chi connectivity index (χ1n) is 9.55. The van der Waals surface area contributed by atoms with Gasteiger partial charge in [-0.25, -0.2) is 0 Å². The quantitative estimate of drug-likeness (QED) is 0.348. The first-order valence-corrected chi connectivity index (χ1v) is 9.93. The molecule has 1 N–H and O–H groups in total. The van der Waals surface area contributed by atoms with Gasteiger partial charge < -0.3 is 24.1 Å². The molecular weight excluding hydrogens is 454 g/mol. The molecule has 172 valence electrons. The highest BCUT2D eigenvalue weighted by Gasteiger charge is 2.22. The van der Waals surface area contributed by atoms with Crippen LogP contribution in [-0.2, 0) is 4.79 Å². The number of halogens is 1. The maximum Gasteiger partial charge on any atom is 0.338 e. The van der Waals surface area contributed by atoms with Gasteiger partial charge in [0.2, 0.25) is 5.76 Å². The lowest BCUT2D eigenvalue weighted by molar-refractivity contribution is -0.386. The number of benzene rings is 2. The Balaban J connectivity index is 1.66. The molecule has 11 heteroatoms. The van der Waals surface area contributed by atoms with Gasteiger partial charge in [0.05, 0.1) is 24.2 Å². The van der Waals surface area contributed by atoms with E-state index >= 15 is 0 Å². The lowest BCUT2D eigenvalue weighted by atomic mass is 10.1. The summed E-state index contributed by atoms with van der Waals surface area (Å²) < 4.78 is 21.0. The summed E-state index contributed by atoms with van der Waals surface area (Å²) in [6, 6.07) is 9.84. The predicted octanol–water partition coefficient (Wildman–Crippen LogP) is 4.75. The lowest BCUT2D eigenvalue weighted by Crippen LogP contribution is -2.20. The third-order valence-corrected chi connectivity index (χ3v) is 4.74. The van der Waals surface area contributed by atoms with Crippen LogP contribution in [0.2, 0.25) is 5.02 Å². The van der Waals surface area contributed by atoms with Crippen LogP contribution in [0.3, 0.4) is 0 Å². The highest BCUT2D eigenvalue weighted by molar-refractivity contribution is 6.32. The van der Waals surface area contributed by atoms with E-state index in [2.05, 4.69) is 10.5 Å². The van der Waals surface area contributed by atoms with Crippen molar-refractivity contribution in [3.63, 3.8) is 0 Å². The monoisotopic (exact) mass is 473 g/mol. The van der Waals surface area contributed by atoms with Gasteiger partial charge in [-0.2, -0.15) is 0 Å². The molecule has 0 atom stereocenters. The van der Waals surface area contributed by atoms with Crippen molar-refractivity contribution in [2.24, 2.45) is 0 Å². The smallest absolute Gasteiger partial charge is 0.338 e. The third kappa shape index (κ3) is 5.80. The number of methoxy groups -OCH3 is 2. The molecule has 3 rings (SSSR count). The standard InChI is InChI=1S/C22H20ClN3O7/c1-13-22(26(28)29)19(33-25-13)8-5-14-4-7-18(20(10-14)31-3)32-12-21(27)24-15-6-9-17(30-2)16(23)11-15/h4-11H,12H2,1-3H3,(H,24,27)/b8-5+. The number of hydrogen-bond donors (Lipinski definition) is 1. The summed E-state index contributed by atoms with van der Waals surface area (Å²) in [6.07, 6.45) is 3.06. The maximum atomic E-state index is 12.2. The van der Waals surface area contributed by atoms with Crippen LogP contribution in [-0.4, -0.2) is 36.8 Å². The average molecular weight is 474 g/mol. The van der Waals surface area contributed by atoms with E-state index in [4.69, 9.17) is 30.3 Å². The number of nitrogens with one attached hydrogen (secondary N) is 1. The Morgan fingerprint density at radius 2 is 1.88 bits per heavy atom. The lowest BCUT2D eigenvalue weighted by Gasteiger charge is -2.12. The number of nitro groups is 1. The highest BCUT2D eigenvalue weighted by atomic mass is 35.5. The number of hydrogen-bond acceptors (Lipinski definition) is 8. The fourth-order valence-electron chi connectivity index (χ4n) is 2.88. The molecule has 1 aromatic heterocycles. The SMILES string of the molecule is COc1ccc(NC(=O)COc2ccc(/C=C/c3onc(C)c3[N+](=O)[O-])cc2OC)cc1Cl. The molecule has 10 nitrogen and oxygen atoms in total. The van der Waals surface area contributed by atoms with E-state index in [1.165, 1.54) is 27.2 Å². The number of anilines is 1. The van der Waals surface area contributed by atoms with Crippen LogP contribution in [0.4, 0.5) is 11.4 Å². The Morgan fingerprint density at radius 3 is 2.55 bits per heavy atom. The summed E-state index contributed by atoms with van der Waals surface area (Å²) >= 11 is 6.06. The molecule has 0 aliphatic rings. The number of ether oxygens (including phenoxy) is 3. The van der Waals surface area contributed by atoms with Crippen LogP contribution in [0, 0.1) is 17.0 Å². The number of rotatable bonds is 9. The molecule has 0 saturated heterocycles. The zero-order valence-corrected chi connectivity index (χ0v) is 18.7. The summed E-state index contributed by atoms with van der Waals surface area (Å²) in [5.41, 5.74) is 1.16.